The smallest absolute Gasteiger partial charge is 0.306 e. The molecule has 1 atom stereocenters. The van der Waals surface area contributed by atoms with E-state index in [2.05, 4.69) is 0 Å². The van der Waals surface area contributed by atoms with E-state index in [-0.39, 0.29) is 30.8 Å². The van der Waals surface area contributed by atoms with Crippen molar-refractivity contribution < 1.29 is 27.9 Å². The zero-order chi connectivity index (χ0) is 24.2. The van der Waals surface area contributed by atoms with Gasteiger partial charge in [-0.3, -0.25) is 14.4 Å². The molecule has 0 aromatic carbocycles. The molecule has 1 unspecified atom stereocenters. The highest BCUT2D eigenvalue weighted by Gasteiger charge is 2.38. The number of carbonyl (C=O) groups excluding carboxylic acids is 3. The fraction of sp³-hybridized carbons (Fsp3) is 0.880. The van der Waals surface area contributed by atoms with E-state index in [0.717, 1.165) is 44.9 Å². The maximum atomic E-state index is 14.1. The molecule has 1 aliphatic rings. The zero-order valence-corrected chi connectivity index (χ0v) is 20.5. The summed E-state index contributed by atoms with van der Waals surface area (Å²) in [6.45, 7) is 8.13. The molecular formula is C25H43F2NO4. The third-order valence-corrected chi connectivity index (χ3v) is 5.86. The summed E-state index contributed by atoms with van der Waals surface area (Å²) in [4.78, 5) is 37.7. The topological polar surface area (TPSA) is 63.7 Å². The van der Waals surface area contributed by atoms with Crippen molar-refractivity contribution >= 4 is 17.7 Å². The summed E-state index contributed by atoms with van der Waals surface area (Å²) >= 11 is 0. The molecule has 0 aromatic heterocycles. The first-order valence-electron chi connectivity index (χ1n) is 12.4. The Hall–Kier alpha value is -1.53. The van der Waals surface area contributed by atoms with E-state index in [1.165, 1.54) is 0 Å². The first-order valence-corrected chi connectivity index (χ1v) is 12.4. The Bertz CT molecular complexity index is 601. The lowest BCUT2D eigenvalue weighted by Crippen LogP contribution is -2.36. The summed E-state index contributed by atoms with van der Waals surface area (Å²) in [6, 6.07) is -0.121. The highest BCUT2D eigenvalue weighted by Crippen LogP contribution is 2.28. The van der Waals surface area contributed by atoms with Crippen LogP contribution in [0.25, 0.3) is 0 Å². The molecule has 7 heteroatoms. The van der Waals surface area contributed by atoms with E-state index in [9.17, 15) is 23.2 Å². The molecule has 1 saturated heterocycles. The van der Waals surface area contributed by atoms with Crippen LogP contribution >= 0.6 is 0 Å². The van der Waals surface area contributed by atoms with Gasteiger partial charge in [0.25, 0.3) is 0 Å². The number of ether oxygens (including phenoxy) is 1. The minimum Gasteiger partial charge on any atom is -0.460 e. The van der Waals surface area contributed by atoms with Crippen molar-refractivity contribution in [3.63, 3.8) is 0 Å². The van der Waals surface area contributed by atoms with Gasteiger partial charge in [-0.2, -0.15) is 8.78 Å². The van der Waals surface area contributed by atoms with Gasteiger partial charge in [0.15, 0.2) is 0 Å². The molecule has 0 bridgehead atoms. The number of esters is 1. The van der Waals surface area contributed by atoms with Gasteiger partial charge in [0, 0.05) is 38.3 Å². The van der Waals surface area contributed by atoms with Crippen molar-refractivity contribution in [2.75, 3.05) is 6.54 Å². The predicted molar refractivity (Wildman–Crippen MR) is 122 cm³/mol. The van der Waals surface area contributed by atoms with Gasteiger partial charge in [-0.25, -0.2) is 0 Å². The Morgan fingerprint density at radius 1 is 1.00 bits per heavy atom. The van der Waals surface area contributed by atoms with Crippen molar-refractivity contribution in [2.24, 2.45) is 0 Å². The van der Waals surface area contributed by atoms with Crippen LogP contribution in [0.5, 0.6) is 0 Å². The number of nitrogens with zero attached hydrogens (tertiary/aromatic N) is 1. The molecule has 186 valence electrons. The van der Waals surface area contributed by atoms with E-state index in [0.29, 0.717) is 38.6 Å². The lowest BCUT2D eigenvalue weighted by Gasteiger charge is -2.25. The molecule has 32 heavy (non-hydrogen) atoms. The third kappa shape index (κ3) is 11.4. The summed E-state index contributed by atoms with van der Waals surface area (Å²) in [5.74, 6) is -4.40. The monoisotopic (exact) mass is 459 g/mol. The van der Waals surface area contributed by atoms with Gasteiger partial charge in [0.1, 0.15) is 5.60 Å². The van der Waals surface area contributed by atoms with Crippen LogP contribution in [-0.4, -0.2) is 46.7 Å². The number of alkyl halides is 2. The number of hydrogen-bond acceptors (Lipinski definition) is 4. The Morgan fingerprint density at radius 3 is 2.31 bits per heavy atom. The quantitative estimate of drug-likeness (QED) is 0.203. The average molecular weight is 460 g/mol. The summed E-state index contributed by atoms with van der Waals surface area (Å²) in [6.07, 6.45) is 7.47. The number of carbonyl (C=O) groups is 3. The third-order valence-electron chi connectivity index (χ3n) is 5.86. The van der Waals surface area contributed by atoms with Crippen molar-refractivity contribution in [1.82, 2.24) is 4.90 Å². The van der Waals surface area contributed by atoms with Crippen LogP contribution in [0.4, 0.5) is 8.78 Å². The van der Waals surface area contributed by atoms with Gasteiger partial charge in [0.2, 0.25) is 11.7 Å². The average Bonchev–Trinajstić information content (AvgIpc) is 3.04. The molecule has 0 aromatic rings. The number of Topliss-reactive ketones (excluding diaryl/α,β-unsaturated/α-hetero) is 1. The molecule has 0 aliphatic carbocycles. The number of ketones is 1. The zero-order valence-electron chi connectivity index (χ0n) is 20.5. The van der Waals surface area contributed by atoms with Gasteiger partial charge in [-0.1, -0.05) is 39.0 Å². The lowest BCUT2D eigenvalue weighted by atomic mass is 9.99. The second-order valence-corrected chi connectivity index (χ2v) is 10.0. The number of hydrogen-bond donors (Lipinski definition) is 0. The summed E-state index contributed by atoms with van der Waals surface area (Å²) in [7, 11) is 0. The van der Waals surface area contributed by atoms with Crippen LogP contribution in [0.15, 0.2) is 0 Å². The van der Waals surface area contributed by atoms with E-state index in [4.69, 9.17) is 4.74 Å². The van der Waals surface area contributed by atoms with Gasteiger partial charge >= 0.3 is 11.9 Å². The van der Waals surface area contributed by atoms with Crippen LogP contribution in [-0.2, 0) is 19.1 Å². The maximum Gasteiger partial charge on any atom is 0.306 e. The maximum absolute atomic E-state index is 14.1. The fourth-order valence-corrected chi connectivity index (χ4v) is 4.09. The normalized spacial score (nSPS) is 17.1. The van der Waals surface area contributed by atoms with Gasteiger partial charge in [-0.05, 0) is 52.9 Å². The predicted octanol–water partition coefficient (Wildman–Crippen LogP) is 6.22. The molecule has 0 spiro atoms. The Balaban J connectivity index is 2.30. The van der Waals surface area contributed by atoms with Crippen molar-refractivity contribution in [3.05, 3.63) is 0 Å². The Morgan fingerprint density at radius 2 is 1.66 bits per heavy atom. The molecule has 0 saturated carbocycles. The standard InChI is InChI=1S/C25H43F2NO4/c1-5-6-7-11-18-25(26,27)21(29)16-14-20-15-17-22(30)28(20)19-12-9-8-10-13-23(31)32-24(2,3)4/h20H,5-19H2,1-4H3. The molecule has 0 radical (unpaired) electrons. The fourth-order valence-electron chi connectivity index (χ4n) is 4.09. The summed E-state index contributed by atoms with van der Waals surface area (Å²) < 4.78 is 33.5. The van der Waals surface area contributed by atoms with Crippen LogP contribution in [0.1, 0.15) is 118 Å². The molecule has 1 rings (SSSR count). The van der Waals surface area contributed by atoms with E-state index >= 15 is 0 Å². The molecule has 5 nitrogen and oxygen atoms in total. The number of unbranched alkanes of at least 4 members (excludes halogenated alkanes) is 6. The highest BCUT2D eigenvalue weighted by molar-refractivity contribution is 5.85. The number of rotatable bonds is 16. The van der Waals surface area contributed by atoms with Gasteiger partial charge in [-0.15, -0.1) is 0 Å². The number of halogens is 2. The Labute approximate surface area is 192 Å². The van der Waals surface area contributed by atoms with Crippen molar-refractivity contribution in [1.29, 1.82) is 0 Å². The van der Waals surface area contributed by atoms with Crippen LogP contribution in [0, 0.1) is 0 Å². The molecule has 0 N–H and O–H groups in total. The van der Waals surface area contributed by atoms with Crippen molar-refractivity contribution in [3.8, 4) is 0 Å². The van der Waals surface area contributed by atoms with Crippen LogP contribution in [0.3, 0.4) is 0 Å². The minimum absolute atomic E-state index is 0.0440. The van der Waals surface area contributed by atoms with Crippen molar-refractivity contribution in [2.45, 2.75) is 135 Å². The largest absolute Gasteiger partial charge is 0.460 e. The van der Waals surface area contributed by atoms with E-state index in [1.807, 2.05) is 27.7 Å². The molecule has 1 aliphatic heterocycles. The van der Waals surface area contributed by atoms with E-state index < -0.39 is 17.3 Å². The first kappa shape index (κ1) is 28.5. The molecule has 1 heterocycles. The SMILES string of the molecule is CCCCCCC(F)(F)C(=O)CCC1CCC(=O)N1CCCCCCC(=O)OC(C)(C)C. The summed E-state index contributed by atoms with van der Waals surface area (Å²) in [5.41, 5.74) is -0.470. The second-order valence-electron chi connectivity index (χ2n) is 10.0. The number of likely N-dealkylation sites (tertiary alicyclic amines) is 1. The van der Waals surface area contributed by atoms with Gasteiger partial charge in [0.05, 0.1) is 0 Å². The first-order chi connectivity index (χ1) is 15.0. The van der Waals surface area contributed by atoms with Crippen LogP contribution < -0.4 is 0 Å². The highest BCUT2D eigenvalue weighted by atomic mass is 19.3. The minimum atomic E-state index is -3.25. The second kappa shape index (κ2) is 13.9. The number of amides is 1. The Kier molecular flexibility index (Phi) is 12.4. The molecule has 1 fully saturated rings. The van der Waals surface area contributed by atoms with Gasteiger partial charge < -0.3 is 9.64 Å². The molecule has 1 amide bonds. The lowest BCUT2D eigenvalue weighted by molar-refractivity contribution is -0.155. The van der Waals surface area contributed by atoms with Crippen LogP contribution in [0.2, 0.25) is 0 Å². The van der Waals surface area contributed by atoms with E-state index in [1.54, 1.807) is 4.90 Å². The molecular weight excluding hydrogens is 416 g/mol. The summed E-state index contributed by atoms with van der Waals surface area (Å²) in [5, 5.41) is 0.